The molecule has 0 atom stereocenters. The Hall–Kier alpha value is -2.87. The predicted molar refractivity (Wildman–Crippen MR) is 92.8 cm³/mol. The third kappa shape index (κ3) is 3.09. The fourth-order valence-electron chi connectivity index (χ4n) is 2.19. The van der Waals surface area contributed by atoms with Crippen LogP contribution in [0.4, 0.5) is 5.69 Å². The second-order valence-corrected chi connectivity index (χ2v) is 5.85. The van der Waals surface area contributed by atoms with Gasteiger partial charge < -0.3 is 5.32 Å². The van der Waals surface area contributed by atoms with Gasteiger partial charge in [0.05, 0.1) is 11.3 Å². The van der Waals surface area contributed by atoms with Crippen LogP contribution < -0.4 is 11.0 Å². The highest BCUT2D eigenvalue weighted by molar-refractivity contribution is 7.98. The van der Waals surface area contributed by atoms with E-state index in [9.17, 15) is 9.59 Å². The van der Waals surface area contributed by atoms with E-state index in [4.69, 9.17) is 0 Å². The Morgan fingerprint density at radius 1 is 1.08 bits per heavy atom. The molecule has 1 aromatic heterocycles. The van der Waals surface area contributed by atoms with Crippen LogP contribution in [-0.2, 0) is 7.05 Å². The lowest BCUT2D eigenvalue weighted by Crippen LogP contribution is -2.21. The highest BCUT2D eigenvalue weighted by Gasteiger charge is 2.11. The van der Waals surface area contributed by atoms with E-state index < -0.39 is 0 Å². The van der Waals surface area contributed by atoms with Crippen molar-refractivity contribution in [2.75, 3.05) is 11.6 Å². The van der Waals surface area contributed by atoms with E-state index in [0.29, 0.717) is 16.9 Å². The van der Waals surface area contributed by atoms with Crippen LogP contribution in [0.15, 0.2) is 58.2 Å². The SMILES string of the molecule is CSc1ccccc1C(=O)Nc1ccc(-n2nnn(C)c2=O)cc1. The Bertz CT molecular complexity index is 930. The number of amides is 1. The minimum atomic E-state index is -0.333. The van der Waals surface area contributed by atoms with Crippen LogP contribution >= 0.6 is 11.8 Å². The molecule has 0 fully saturated rings. The molecule has 8 heteroatoms. The number of nitrogens with zero attached hydrogens (tertiary/aromatic N) is 4. The average Bonchev–Trinajstić information content (AvgIpc) is 2.95. The molecule has 2 aromatic carbocycles. The summed E-state index contributed by atoms with van der Waals surface area (Å²) in [6.07, 6.45) is 1.93. The molecule has 24 heavy (non-hydrogen) atoms. The quantitative estimate of drug-likeness (QED) is 0.734. The molecule has 122 valence electrons. The molecule has 0 unspecified atom stereocenters. The van der Waals surface area contributed by atoms with Gasteiger partial charge in [-0.2, -0.15) is 9.36 Å². The lowest BCUT2D eigenvalue weighted by atomic mass is 10.2. The Balaban J connectivity index is 1.80. The van der Waals surface area contributed by atoms with Crippen LogP contribution in [0.25, 0.3) is 5.69 Å². The van der Waals surface area contributed by atoms with Crippen molar-refractivity contribution >= 4 is 23.4 Å². The van der Waals surface area contributed by atoms with Gasteiger partial charge in [-0.25, -0.2) is 4.79 Å². The minimum Gasteiger partial charge on any atom is -0.322 e. The van der Waals surface area contributed by atoms with Gasteiger partial charge in [-0.05, 0) is 53.1 Å². The number of thioether (sulfide) groups is 1. The molecule has 3 aromatic rings. The molecule has 3 rings (SSSR count). The molecule has 0 aliphatic carbocycles. The van der Waals surface area contributed by atoms with E-state index in [1.165, 1.54) is 23.5 Å². The molecule has 0 bridgehead atoms. The maximum Gasteiger partial charge on any atom is 0.368 e. The number of hydrogen-bond donors (Lipinski definition) is 1. The van der Waals surface area contributed by atoms with E-state index in [1.54, 1.807) is 30.3 Å². The molecule has 0 saturated carbocycles. The molecule has 0 saturated heterocycles. The first-order valence-electron chi connectivity index (χ1n) is 7.14. The summed E-state index contributed by atoms with van der Waals surface area (Å²) in [5, 5.41) is 10.3. The smallest absolute Gasteiger partial charge is 0.322 e. The second kappa shape index (κ2) is 6.71. The van der Waals surface area contributed by atoms with Crippen LogP contribution in [0.5, 0.6) is 0 Å². The fourth-order valence-corrected chi connectivity index (χ4v) is 2.79. The Kier molecular flexibility index (Phi) is 4.48. The van der Waals surface area contributed by atoms with Gasteiger partial charge in [-0.1, -0.05) is 12.1 Å². The van der Waals surface area contributed by atoms with Crippen molar-refractivity contribution in [3.05, 3.63) is 64.6 Å². The molecule has 1 N–H and O–H groups in total. The first-order chi connectivity index (χ1) is 11.6. The maximum atomic E-state index is 12.4. The fraction of sp³-hybridized carbons (Fsp3) is 0.125. The number of aromatic nitrogens is 4. The summed E-state index contributed by atoms with van der Waals surface area (Å²) in [4.78, 5) is 25.1. The summed E-state index contributed by atoms with van der Waals surface area (Å²) in [5.41, 5.74) is 1.51. The Morgan fingerprint density at radius 3 is 2.42 bits per heavy atom. The first-order valence-corrected chi connectivity index (χ1v) is 8.36. The summed E-state index contributed by atoms with van der Waals surface area (Å²) >= 11 is 1.52. The highest BCUT2D eigenvalue weighted by atomic mass is 32.2. The summed E-state index contributed by atoms with van der Waals surface area (Å²) in [7, 11) is 1.53. The highest BCUT2D eigenvalue weighted by Crippen LogP contribution is 2.21. The monoisotopic (exact) mass is 341 g/mol. The summed E-state index contributed by atoms with van der Waals surface area (Å²) in [6.45, 7) is 0. The third-order valence-corrected chi connectivity index (χ3v) is 4.24. The van der Waals surface area contributed by atoms with Crippen LogP contribution in [0, 0.1) is 0 Å². The van der Waals surface area contributed by atoms with Crippen molar-refractivity contribution < 1.29 is 4.79 Å². The van der Waals surface area contributed by atoms with E-state index in [2.05, 4.69) is 15.7 Å². The lowest BCUT2D eigenvalue weighted by molar-refractivity contribution is 0.102. The molecular formula is C16H15N5O2S. The van der Waals surface area contributed by atoms with E-state index in [0.717, 1.165) is 9.58 Å². The molecule has 0 spiro atoms. The van der Waals surface area contributed by atoms with Crippen molar-refractivity contribution in [3.8, 4) is 5.69 Å². The zero-order valence-electron chi connectivity index (χ0n) is 13.1. The first kappa shape index (κ1) is 16.0. The van der Waals surface area contributed by atoms with Crippen LogP contribution in [0.2, 0.25) is 0 Å². The number of hydrogen-bond acceptors (Lipinski definition) is 5. The zero-order chi connectivity index (χ0) is 17.1. The number of benzene rings is 2. The van der Waals surface area contributed by atoms with Crippen molar-refractivity contribution in [1.82, 2.24) is 19.8 Å². The number of nitrogens with one attached hydrogen (secondary N) is 1. The predicted octanol–water partition coefficient (Wildman–Crippen LogP) is 1.94. The molecule has 0 radical (unpaired) electrons. The van der Waals surface area contributed by atoms with Gasteiger partial charge in [0.25, 0.3) is 5.91 Å². The van der Waals surface area contributed by atoms with Crippen molar-refractivity contribution in [2.45, 2.75) is 4.90 Å². The molecule has 1 heterocycles. The summed E-state index contributed by atoms with van der Waals surface area (Å²) < 4.78 is 2.34. The average molecular weight is 341 g/mol. The second-order valence-electron chi connectivity index (χ2n) is 5.00. The largest absolute Gasteiger partial charge is 0.368 e. The van der Waals surface area contributed by atoms with Crippen molar-refractivity contribution in [3.63, 3.8) is 0 Å². The standard InChI is InChI=1S/C16H15N5O2S/c1-20-16(23)21(19-18-20)12-9-7-11(8-10-12)17-15(22)13-5-3-4-6-14(13)24-2/h3-10H,1-2H3,(H,17,22). The van der Waals surface area contributed by atoms with Crippen molar-refractivity contribution in [1.29, 1.82) is 0 Å². The number of carbonyl (C=O) groups excluding carboxylic acids is 1. The molecular weight excluding hydrogens is 326 g/mol. The Labute approximate surface area is 142 Å². The van der Waals surface area contributed by atoms with Gasteiger partial charge in [0, 0.05) is 17.6 Å². The maximum absolute atomic E-state index is 12.4. The summed E-state index contributed by atoms with van der Waals surface area (Å²) in [5.74, 6) is -0.177. The molecule has 7 nitrogen and oxygen atoms in total. The summed E-state index contributed by atoms with van der Waals surface area (Å²) in [6, 6.07) is 14.3. The van der Waals surface area contributed by atoms with Gasteiger partial charge in [-0.3, -0.25) is 4.79 Å². The molecule has 0 aliphatic rings. The number of aryl methyl sites for hydroxylation is 1. The normalized spacial score (nSPS) is 10.6. The van der Waals surface area contributed by atoms with E-state index in [-0.39, 0.29) is 11.6 Å². The van der Waals surface area contributed by atoms with Gasteiger partial charge >= 0.3 is 5.69 Å². The van der Waals surface area contributed by atoms with Gasteiger partial charge in [0.15, 0.2) is 0 Å². The Morgan fingerprint density at radius 2 is 1.79 bits per heavy atom. The van der Waals surface area contributed by atoms with Gasteiger partial charge in [-0.15, -0.1) is 11.8 Å². The van der Waals surface area contributed by atoms with Crippen LogP contribution in [0.1, 0.15) is 10.4 Å². The molecule has 1 amide bonds. The van der Waals surface area contributed by atoms with Gasteiger partial charge in [0.1, 0.15) is 0 Å². The third-order valence-electron chi connectivity index (χ3n) is 3.44. The minimum absolute atomic E-state index is 0.177. The number of tetrazole rings is 1. The topological polar surface area (TPSA) is 81.8 Å². The van der Waals surface area contributed by atoms with Crippen LogP contribution in [0.3, 0.4) is 0 Å². The van der Waals surface area contributed by atoms with E-state index in [1.807, 2.05) is 24.5 Å². The molecule has 0 aliphatic heterocycles. The van der Waals surface area contributed by atoms with E-state index >= 15 is 0 Å². The number of anilines is 1. The van der Waals surface area contributed by atoms with Crippen molar-refractivity contribution in [2.24, 2.45) is 7.05 Å². The van der Waals surface area contributed by atoms with Gasteiger partial charge in [0.2, 0.25) is 0 Å². The van der Waals surface area contributed by atoms with Crippen LogP contribution in [-0.4, -0.2) is 32.0 Å². The number of carbonyl (C=O) groups is 1. The number of rotatable bonds is 4. The zero-order valence-corrected chi connectivity index (χ0v) is 13.9. The lowest BCUT2D eigenvalue weighted by Gasteiger charge is -2.09.